The van der Waals surface area contributed by atoms with Crippen molar-refractivity contribution in [3.63, 3.8) is 0 Å². The summed E-state index contributed by atoms with van der Waals surface area (Å²) in [6.07, 6.45) is 0. The van der Waals surface area contributed by atoms with Crippen LogP contribution >= 0.6 is 0 Å². The van der Waals surface area contributed by atoms with Crippen molar-refractivity contribution in [2.45, 2.75) is 6.92 Å². The van der Waals surface area contributed by atoms with Crippen molar-refractivity contribution in [3.8, 4) is 11.5 Å². The van der Waals surface area contributed by atoms with E-state index in [9.17, 15) is 9.59 Å². The van der Waals surface area contributed by atoms with Crippen molar-refractivity contribution in [1.29, 1.82) is 0 Å². The zero-order valence-corrected chi connectivity index (χ0v) is 11.7. The van der Waals surface area contributed by atoms with Gasteiger partial charge in [-0.15, -0.1) is 0 Å². The van der Waals surface area contributed by atoms with E-state index in [1.807, 2.05) is 6.92 Å². The van der Waals surface area contributed by atoms with Crippen LogP contribution in [0.5, 0.6) is 11.5 Å². The van der Waals surface area contributed by atoms with Crippen LogP contribution in [0, 0.1) is 12.8 Å². The number of hydrogen-bond acceptors (Lipinski definition) is 4. The minimum Gasteiger partial charge on any atom is -0.496 e. The molecule has 1 N–H and O–H groups in total. The third kappa shape index (κ3) is 2.41. The van der Waals surface area contributed by atoms with Crippen molar-refractivity contribution in [2.75, 3.05) is 27.3 Å². The lowest BCUT2D eigenvalue weighted by Gasteiger charge is -2.36. The quantitative estimate of drug-likeness (QED) is 0.895. The molecule has 1 aromatic rings. The molecule has 1 aliphatic rings. The topological polar surface area (TPSA) is 76.1 Å². The van der Waals surface area contributed by atoms with Crippen LogP contribution in [0.15, 0.2) is 12.1 Å². The van der Waals surface area contributed by atoms with Crippen LogP contribution < -0.4 is 9.47 Å². The Morgan fingerprint density at radius 1 is 1.20 bits per heavy atom. The minimum atomic E-state index is -0.867. The van der Waals surface area contributed by atoms with Gasteiger partial charge in [0.2, 0.25) is 0 Å². The standard InChI is InChI=1S/C14H17NO5/c1-8-11(19-2)4-9(5-12(8)20-3)13(16)15-6-10(7-15)14(17)18/h4-5,10H,6-7H2,1-3H3,(H,17,18). The van der Waals surface area contributed by atoms with E-state index in [1.165, 1.54) is 19.1 Å². The highest BCUT2D eigenvalue weighted by Gasteiger charge is 2.36. The maximum absolute atomic E-state index is 12.3. The number of amides is 1. The van der Waals surface area contributed by atoms with Crippen molar-refractivity contribution in [1.82, 2.24) is 4.90 Å². The largest absolute Gasteiger partial charge is 0.496 e. The van der Waals surface area contributed by atoms with Gasteiger partial charge in [0, 0.05) is 24.2 Å². The summed E-state index contributed by atoms with van der Waals surface area (Å²) >= 11 is 0. The summed E-state index contributed by atoms with van der Waals surface area (Å²) in [4.78, 5) is 24.5. The monoisotopic (exact) mass is 279 g/mol. The number of carbonyl (C=O) groups is 2. The molecular formula is C14H17NO5. The summed E-state index contributed by atoms with van der Waals surface area (Å²) in [7, 11) is 3.06. The summed E-state index contributed by atoms with van der Waals surface area (Å²) in [6.45, 7) is 2.33. The molecule has 6 nitrogen and oxygen atoms in total. The van der Waals surface area contributed by atoms with Gasteiger partial charge < -0.3 is 19.5 Å². The fraction of sp³-hybridized carbons (Fsp3) is 0.429. The predicted octanol–water partition coefficient (Wildman–Crippen LogP) is 1.17. The normalized spacial score (nSPS) is 14.7. The first kappa shape index (κ1) is 14.2. The molecule has 0 unspecified atom stereocenters. The average molecular weight is 279 g/mol. The molecule has 1 aromatic carbocycles. The maximum Gasteiger partial charge on any atom is 0.310 e. The summed E-state index contributed by atoms with van der Waals surface area (Å²) in [5.41, 5.74) is 1.26. The van der Waals surface area contributed by atoms with E-state index in [1.54, 1.807) is 12.1 Å². The van der Waals surface area contributed by atoms with Gasteiger partial charge in [0.05, 0.1) is 20.1 Å². The number of ether oxygens (including phenoxy) is 2. The van der Waals surface area contributed by atoms with E-state index in [0.29, 0.717) is 17.1 Å². The molecular weight excluding hydrogens is 262 g/mol. The van der Waals surface area contributed by atoms with E-state index >= 15 is 0 Å². The molecule has 2 rings (SSSR count). The molecule has 0 bridgehead atoms. The second-order valence-electron chi connectivity index (χ2n) is 4.75. The maximum atomic E-state index is 12.3. The van der Waals surface area contributed by atoms with Crippen LogP contribution in [-0.4, -0.2) is 49.2 Å². The predicted molar refractivity (Wildman–Crippen MR) is 71.3 cm³/mol. The molecule has 1 aliphatic heterocycles. The SMILES string of the molecule is COc1cc(C(=O)N2CC(C(=O)O)C2)cc(OC)c1C. The van der Waals surface area contributed by atoms with Gasteiger partial charge in [0.15, 0.2) is 0 Å². The number of benzene rings is 1. The summed E-state index contributed by atoms with van der Waals surface area (Å²) in [5.74, 6) is -0.397. The molecule has 0 saturated carbocycles. The molecule has 1 fully saturated rings. The number of carboxylic acids is 1. The Labute approximate surface area is 116 Å². The van der Waals surface area contributed by atoms with E-state index in [4.69, 9.17) is 14.6 Å². The van der Waals surface area contributed by atoms with Crippen LogP contribution in [0.1, 0.15) is 15.9 Å². The van der Waals surface area contributed by atoms with Crippen LogP contribution in [-0.2, 0) is 4.79 Å². The molecule has 0 spiro atoms. The summed E-state index contributed by atoms with van der Waals surface area (Å²) < 4.78 is 10.4. The Balaban J connectivity index is 2.21. The van der Waals surface area contributed by atoms with Gasteiger partial charge in [-0.3, -0.25) is 9.59 Å². The van der Waals surface area contributed by atoms with Crippen LogP contribution in [0.2, 0.25) is 0 Å². The number of rotatable bonds is 4. The lowest BCUT2D eigenvalue weighted by Crippen LogP contribution is -2.53. The van der Waals surface area contributed by atoms with Crippen molar-refractivity contribution in [2.24, 2.45) is 5.92 Å². The number of hydrogen-bond donors (Lipinski definition) is 1. The van der Waals surface area contributed by atoms with Gasteiger partial charge in [-0.05, 0) is 19.1 Å². The molecule has 6 heteroatoms. The fourth-order valence-electron chi connectivity index (χ4n) is 2.19. The van der Waals surface area contributed by atoms with Crippen LogP contribution in [0.4, 0.5) is 0 Å². The smallest absolute Gasteiger partial charge is 0.310 e. The van der Waals surface area contributed by atoms with Crippen LogP contribution in [0.25, 0.3) is 0 Å². The highest BCUT2D eigenvalue weighted by molar-refractivity contribution is 5.96. The van der Waals surface area contributed by atoms with Crippen molar-refractivity contribution in [3.05, 3.63) is 23.3 Å². The number of likely N-dealkylation sites (tertiary alicyclic amines) is 1. The number of nitrogens with zero attached hydrogens (tertiary/aromatic N) is 1. The number of methoxy groups -OCH3 is 2. The van der Waals surface area contributed by atoms with Gasteiger partial charge in [-0.1, -0.05) is 0 Å². The molecule has 0 radical (unpaired) electrons. The second kappa shape index (κ2) is 5.40. The van der Waals surface area contributed by atoms with Gasteiger partial charge in [0.1, 0.15) is 11.5 Å². The second-order valence-corrected chi connectivity index (χ2v) is 4.75. The number of carbonyl (C=O) groups excluding carboxylic acids is 1. The molecule has 0 atom stereocenters. The zero-order chi connectivity index (χ0) is 14.9. The zero-order valence-electron chi connectivity index (χ0n) is 11.7. The molecule has 0 aliphatic carbocycles. The van der Waals surface area contributed by atoms with Crippen LogP contribution in [0.3, 0.4) is 0 Å². The Bertz CT molecular complexity index is 523. The molecule has 1 heterocycles. The molecule has 20 heavy (non-hydrogen) atoms. The highest BCUT2D eigenvalue weighted by atomic mass is 16.5. The van der Waals surface area contributed by atoms with Gasteiger partial charge >= 0.3 is 5.97 Å². The highest BCUT2D eigenvalue weighted by Crippen LogP contribution is 2.31. The Kier molecular flexibility index (Phi) is 3.83. The first-order valence-electron chi connectivity index (χ1n) is 6.22. The van der Waals surface area contributed by atoms with Gasteiger partial charge in [-0.25, -0.2) is 0 Å². The van der Waals surface area contributed by atoms with E-state index in [2.05, 4.69) is 0 Å². The third-order valence-electron chi connectivity index (χ3n) is 3.52. The Morgan fingerprint density at radius 3 is 2.10 bits per heavy atom. The average Bonchev–Trinajstić information content (AvgIpc) is 2.36. The van der Waals surface area contributed by atoms with Gasteiger partial charge in [-0.2, -0.15) is 0 Å². The lowest BCUT2D eigenvalue weighted by molar-refractivity contribution is -0.146. The van der Waals surface area contributed by atoms with E-state index in [-0.39, 0.29) is 19.0 Å². The molecule has 1 saturated heterocycles. The van der Waals surface area contributed by atoms with Crippen molar-refractivity contribution < 1.29 is 24.2 Å². The van der Waals surface area contributed by atoms with E-state index < -0.39 is 11.9 Å². The number of carboxylic acid groups (broad SMARTS) is 1. The van der Waals surface area contributed by atoms with Gasteiger partial charge in [0.25, 0.3) is 5.91 Å². The summed E-state index contributed by atoms with van der Waals surface area (Å²) in [5, 5.41) is 8.83. The molecule has 1 amide bonds. The molecule has 108 valence electrons. The minimum absolute atomic E-state index is 0.209. The molecule has 0 aromatic heterocycles. The first-order valence-corrected chi connectivity index (χ1v) is 6.22. The Morgan fingerprint density at radius 2 is 1.70 bits per heavy atom. The lowest BCUT2D eigenvalue weighted by atomic mass is 9.98. The Hall–Kier alpha value is -2.24. The first-order chi connectivity index (χ1) is 9.47. The summed E-state index contributed by atoms with van der Waals surface area (Å²) in [6, 6.07) is 3.29. The third-order valence-corrected chi connectivity index (χ3v) is 3.52. The fourth-order valence-corrected chi connectivity index (χ4v) is 2.19. The van der Waals surface area contributed by atoms with E-state index in [0.717, 1.165) is 5.56 Å². The van der Waals surface area contributed by atoms with Crippen molar-refractivity contribution >= 4 is 11.9 Å². The number of aliphatic carboxylic acids is 1.